The Labute approximate surface area is 92.5 Å². The van der Waals surface area contributed by atoms with Gasteiger partial charge in [-0.05, 0) is 18.8 Å². The summed E-state index contributed by atoms with van der Waals surface area (Å²) in [5, 5.41) is 10.8. The van der Waals surface area contributed by atoms with Gasteiger partial charge >= 0.3 is 6.03 Å². The molecule has 1 N–H and O–H groups in total. The summed E-state index contributed by atoms with van der Waals surface area (Å²) in [7, 11) is 0. The van der Waals surface area contributed by atoms with E-state index in [0.29, 0.717) is 11.0 Å². The Hall–Kier alpha value is -1.17. The van der Waals surface area contributed by atoms with Gasteiger partial charge in [-0.1, -0.05) is 18.3 Å². The number of piperidine rings is 1. The lowest BCUT2D eigenvalue weighted by Gasteiger charge is -2.30. The van der Waals surface area contributed by atoms with Gasteiger partial charge < -0.3 is 4.90 Å². The highest BCUT2D eigenvalue weighted by Crippen LogP contribution is 2.17. The van der Waals surface area contributed by atoms with E-state index in [2.05, 4.69) is 22.4 Å². The molecule has 0 aliphatic carbocycles. The van der Waals surface area contributed by atoms with Crippen LogP contribution in [0, 0.1) is 5.92 Å². The van der Waals surface area contributed by atoms with E-state index in [9.17, 15) is 4.79 Å². The highest BCUT2D eigenvalue weighted by atomic mass is 32.1. The van der Waals surface area contributed by atoms with Crippen LogP contribution in [0.3, 0.4) is 0 Å². The number of likely N-dealkylation sites (tertiary alicyclic amines) is 1. The maximum absolute atomic E-state index is 11.8. The number of hydrogen-bond donors (Lipinski definition) is 1. The van der Waals surface area contributed by atoms with E-state index in [0.717, 1.165) is 19.5 Å². The maximum Gasteiger partial charge on any atom is 0.323 e. The van der Waals surface area contributed by atoms with Gasteiger partial charge in [0.15, 0.2) is 0 Å². The number of nitrogens with zero attached hydrogens (tertiary/aromatic N) is 3. The Morgan fingerprint density at radius 1 is 1.73 bits per heavy atom. The minimum Gasteiger partial charge on any atom is -0.324 e. The molecule has 15 heavy (non-hydrogen) atoms. The molecule has 0 spiro atoms. The molecule has 82 valence electrons. The summed E-state index contributed by atoms with van der Waals surface area (Å²) in [6, 6.07) is -0.0571. The molecule has 2 heterocycles. The molecule has 0 saturated carbocycles. The molecule has 5 nitrogen and oxygen atoms in total. The Bertz CT molecular complexity index is 327. The van der Waals surface area contributed by atoms with Crippen LogP contribution in [0.5, 0.6) is 0 Å². The first-order valence-electron chi connectivity index (χ1n) is 5.08. The number of carbonyl (C=O) groups is 1. The zero-order valence-electron chi connectivity index (χ0n) is 8.64. The van der Waals surface area contributed by atoms with Gasteiger partial charge in [0.2, 0.25) is 5.13 Å². The maximum atomic E-state index is 11.8. The molecule has 1 aromatic heterocycles. The Kier molecular flexibility index (Phi) is 3.15. The summed E-state index contributed by atoms with van der Waals surface area (Å²) < 4.78 is 0. The van der Waals surface area contributed by atoms with Crippen LogP contribution < -0.4 is 5.32 Å². The SMILES string of the molecule is C[C@H]1CCCN(C(=O)Nc2nncs2)C1. The summed E-state index contributed by atoms with van der Waals surface area (Å²) in [4.78, 5) is 13.6. The average Bonchev–Trinajstić information content (AvgIpc) is 2.70. The van der Waals surface area contributed by atoms with Crippen molar-refractivity contribution in [1.82, 2.24) is 15.1 Å². The third-order valence-electron chi connectivity index (χ3n) is 2.52. The van der Waals surface area contributed by atoms with Crippen LogP contribution in [0.2, 0.25) is 0 Å². The lowest BCUT2D eigenvalue weighted by Crippen LogP contribution is -2.41. The molecule has 1 aliphatic rings. The molecule has 6 heteroatoms. The molecule has 2 rings (SSSR count). The highest BCUT2D eigenvalue weighted by molar-refractivity contribution is 7.13. The first kappa shape index (κ1) is 10.4. The zero-order chi connectivity index (χ0) is 10.7. The van der Waals surface area contributed by atoms with Gasteiger partial charge in [-0.2, -0.15) is 0 Å². The number of anilines is 1. The Balaban J connectivity index is 1.90. The summed E-state index contributed by atoms with van der Waals surface area (Å²) in [5.74, 6) is 0.596. The average molecular weight is 226 g/mol. The molecule has 1 aliphatic heterocycles. The van der Waals surface area contributed by atoms with E-state index in [4.69, 9.17) is 0 Å². The minimum atomic E-state index is -0.0571. The fourth-order valence-electron chi connectivity index (χ4n) is 1.77. The van der Waals surface area contributed by atoms with Gasteiger partial charge in [-0.3, -0.25) is 5.32 Å². The van der Waals surface area contributed by atoms with Crippen molar-refractivity contribution in [2.45, 2.75) is 19.8 Å². The predicted molar refractivity (Wildman–Crippen MR) is 58.9 cm³/mol. The molecular weight excluding hydrogens is 212 g/mol. The molecule has 1 atom stereocenters. The van der Waals surface area contributed by atoms with Crippen LogP contribution in [0.25, 0.3) is 0 Å². The normalized spacial score (nSPS) is 21.4. The lowest BCUT2D eigenvalue weighted by molar-refractivity contribution is 0.182. The summed E-state index contributed by atoms with van der Waals surface area (Å²) >= 11 is 1.34. The minimum absolute atomic E-state index is 0.0571. The molecule has 0 bridgehead atoms. The predicted octanol–water partition coefficient (Wildman–Crippen LogP) is 1.80. The van der Waals surface area contributed by atoms with Crippen molar-refractivity contribution in [3.8, 4) is 0 Å². The number of hydrogen-bond acceptors (Lipinski definition) is 4. The fraction of sp³-hybridized carbons (Fsp3) is 0.667. The third-order valence-corrected chi connectivity index (χ3v) is 3.12. The van der Waals surface area contributed by atoms with E-state index in [-0.39, 0.29) is 6.03 Å². The van der Waals surface area contributed by atoms with E-state index >= 15 is 0 Å². The zero-order valence-corrected chi connectivity index (χ0v) is 9.46. The van der Waals surface area contributed by atoms with Gasteiger partial charge in [0, 0.05) is 13.1 Å². The van der Waals surface area contributed by atoms with Crippen molar-refractivity contribution in [2.24, 2.45) is 5.92 Å². The van der Waals surface area contributed by atoms with Gasteiger partial charge in [0.25, 0.3) is 0 Å². The van der Waals surface area contributed by atoms with Crippen molar-refractivity contribution in [2.75, 3.05) is 18.4 Å². The highest BCUT2D eigenvalue weighted by Gasteiger charge is 2.21. The first-order valence-corrected chi connectivity index (χ1v) is 5.96. The van der Waals surface area contributed by atoms with E-state index in [1.165, 1.54) is 17.8 Å². The van der Waals surface area contributed by atoms with Gasteiger partial charge in [0.1, 0.15) is 5.51 Å². The van der Waals surface area contributed by atoms with E-state index in [1.54, 1.807) is 5.51 Å². The topological polar surface area (TPSA) is 58.1 Å². The number of rotatable bonds is 1. The first-order chi connectivity index (χ1) is 7.25. The smallest absolute Gasteiger partial charge is 0.323 e. The van der Waals surface area contributed by atoms with Gasteiger partial charge in [-0.25, -0.2) is 4.79 Å². The summed E-state index contributed by atoms with van der Waals surface area (Å²) in [6.07, 6.45) is 2.30. The molecule has 2 amide bonds. The summed E-state index contributed by atoms with van der Waals surface area (Å²) in [6.45, 7) is 3.85. The molecule has 1 saturated heterocycles. The molecule has 0 radical (unpaired) electrons. The number of nitrogens with one attached hydrogen (secondary N) is 1. The van der Waals surface area contributed by atoms with Crippen molar-refractivity contribution >= 4 is 22.5 Å². The second-order valence-electron chi connectivity index (χ2n) is 3.87. The Morgan fingerprint density at radius 2 is 2.60 bits per heavy atom. The number of aromatic nitrogens is 2. The standard InChI is InChI=1S/C9H14N4OS/c1-7-3-2-4-13(5-7)9(14)11-8-12-10-6-15-8/h6-7H,2-5H2,1H3,(H,11,12,14)/t7-/m0/s1. The van der Waals surface area contributed by atoms with Crippen LogP contribution in [0.4, 0.5) is 9.93 Å². The van der Waals surface area contributed by atoms with Crippen molar-refractivity contribution < 1.29 is 4.79 Å². The van der Waals surface area contributed by atoms with Crippen LogP contribution in [-0.2, 0) is 0 Å². The molecule has 0 aromatic carbocycles. The summed E-state index contributed by atoms with van der Waals surface area (Å²) in [5.41, 5.74) is 1.61. The van der Waals surface area contributed by atoms with Crippen LogP contribution in [0.15, 0.2) is 5.51 Å². The lowest BCUT2D eigenvalue weighted by atomic mass is 10.0. The fourth-order valence-corrected chi connectivity index (χ4v) is 2.21. The monoisotopic (exact) mass is 226 g/mol. The van der Waals surface area contributed by atoms with Gasteiger partial charge in [0.05, 0.1) is 0 Å². The van der Waals surface area contributed by atoms with Crippen molar-refractivity contribution in [3.63, 3.8) is 0 Å². The molecular formula is C9H14N4OS. The molecule has 1 fully saturated rings. The largest absolute Gasteiger partial charge is 0.324 e. The quantitative estimate of drug-likeness (QED) is 0.794. The van der Waals surface area contributed by atoms with Gasteiger partial charge in [-0.15, -0.1) is 10.2 Å². The number of carbonyl (C=O) groups excluding carboxylic acids is 1. The van der Waals surface area contributed by atoms with Crippen molar-refractivity contribution in [3.05, 3.63) is 5.51 Å². The van der Waals surface area contributed by atoms with Crippen molar-refractivity contribution in [1.29, 1.82) is 0 Å². The van der Waals surface area contributed by atoms with Crippen LogP contribution in [0.1, 0.15) is 19.8 Å². The van der Waals surface area contributed by atoms with Crippen LogP contribution >= 0.6 is 11.3 Å². The van der Waals surface area contributed by atoms with Crippen LogP contribution in [-0.4, -0.2) is 34.2 Å². The molecule has 0 unspecified atom stereocenters. The molecule has 1 aromatic rings. The number of urea groups is 1. The Morgan fingerprint density at radius 3 is 3.27 bits per heavy atom. The van der Waals surface area contributed by atoms with E-state index < -0.39 is 0 Å². The third kappa shape index (κ3) is 2.65. The second kappa shape index (κ2) is 4.57. The second-order valence-corrected chi connectivity index (χ2v) is 4.70. The number of amides is 2. The van der Waals surface area contributed by atoms with E-state index in [1.807, 2.05) is 4.90 Å².